The second-order valence-electron chi connectivity index (χ2n) is 9.57. The van der Waals surface area contributed by atoms with Gasteiger partial charge in [-0.25, -0.2) is 9.78 Å². The zero-order valence-electron chi connectivity index (χ0n) is 23.6. The van der Waals surface area contributed by atoms with Crippen LogP contribution in [0.25, 0.3) is 5.76 Å². The van der Waals surface area contributed by atoms with Gasteiger partial charge in [-0.2, -0.15) is 0 Å². The number of unbranched alkanes of at least 4 members (excludes halogenated alkanes) is 2. The molecule has 0 bridgehead atoms. The van der Waals surface area contributed by atoms with E-state index in [2.05, 4.69) is 18.8 Å². The number of benzene rings is 2. The Morgan fingerprint density at radius 3 is 2.05 bits per heavy atom. The van der Waals surface area contributed by atoms with Crippen LogP contribution in [-0.2, 0) is 14.3 Å². The van der Waals surface area contributed by atoms with Crippen molar-refractivity contribution in [3.05, 3.63) is 75.8 Å². The molecule has 1 fully saturated rings. The standard InChI is InChI=1S/C31H34N2O7S/c1-5-7-17-39-22-13-9-20(10-14-22)25-24(26(34)21-11-15-23(16-12-21)40-18-8-6-2)27(35)29(36)33(25)31-32-19(3)28(41-31)30(37)38-4/h9-16,25,34H,5-8,17-18H2,1-4H3. The fourth-order valence-electron chi connectivity index (χ4n) is 4.39. The molecule has 2 heterocycles. The molecule has 9 nitrogen and oxygen atoms in total. The summed E-state index contributed by atoms with van der Waals surface area (Å²) >= 11 is 0.953. The van der Waals surface area contributed by atoms with Crippen LogP contribution in [0.5, 0.6) is 11.5 Å². The number of aromatic nitrogens is 1. The minimum Gasteiger partial charge on any atom is -0.507 e. The van der Waals surface area contributed by atoms with Crippen LogP contribution in [0, 0.1) is 6.92 Å². The molecular weight excluding hydrogens is 544 g/mol. The lowest BCUT2D eigenvalue weighted by Crippen LogP contribution is -2.29. The number of Topliss-reactive ketones (excluding diaryl/α,β-unsaturated/α-hetero) is 1. The summed E-state index contributed by atoms with van der Waals surface area (Å²) in [4.78, 5) is 45.1. The van der Waals surface area contributed by atoms with Crippen LogP contribution in [0.4, 0.5) is 5.13 Å². The number of hydrogen-bond donors (Lipinski definition) is 1. The Labute approximate surface area is 243 Å². The van der Waals surface area contributed by atoms with Crippen LogP contribution >= 0.6 is 11.3 Å². The quantitative estimate of drug-likeness (QED) is 0.0885. The molecule has 0 spiro atoms. The number of carbonyl (C=O) groups is 3. The van der Waals surface area contributed by atoms with Gasteiger partial charge in [-0.1, -0.05) is 50.2 Å². The van der Waals surface area contributed by atoms with Crippen LogP contribution in [0.2, 0.25) is 0 Å². The predicted octanol–water partition coefficient (Wildman–Crippen LogP) is 6.22. The number of rotatable bonds is 12. The third kappa shape index (κ3) is 6.43. The number of ketones is 1. The summed E-state index contributed by atoms with van der Waals surface area (Å²) in [5.74, 6) is -1.33. The first-order valence-electron chi connectivity index (χ1n) is 13.6. The van der Waals surface area contributed by atoms with Gasteiger partial charge in [0.1, 0.15) is 22.1 Å². The van der Waals surface area contributed by atoms with Crippen molar-refractivity contribution in [1.82, 2.24) is 4.98 Å². The van der Waals surface area contributed by atoms with Gasteiger partial charge in [-0.05, 0) is 61.7 Å². The molecule has 1 saturated heterocycles. The zero-order chi connectivity index (χ0) is 29.5. The average Bonchev–Trinajstić information content (AvgIpc) is 3.49. The topological polar surface area (TPSA) is 115 Å². The summed E-state index contributed by atoms with van der Waals surface area (Å²) in [6.45, 7) is 6.93. The minimum atomic E-state index is -0.990. The number of carbonyl (C=O) groups excluding carboxylic acids is 3. The van der Waals surface area contributed by atoms with E-state index in [4.69, 9.17) is 14.2 Å². The van der Waals surface area contributed by atoms with Gasteiger partial charge in [0.15, 0.2) is 5.13 Å². The zero-order valence-corrected chi connectivity index (χ0v) is 24.5. The first-order valence-corrected chi connectivity index (χ1v) is 14.4. The highest BCUT2D eigenvalue weighted by atomic mass is 32.1. The first-order chi connectivity index (χ1) is 19.8. The molecule has 2 aromatic carbocycles. The lowest BCUT2D eigenvalue weighted by Gasteiger charge is -2.23. The fourth-order valence-corrected chi connectivity index (χ4v) is 5.40. The maximum Gasteiger partial charge on any atom is 0.350 e. The lowest BCUT2D eigenvalue weighted by molar-refractivity contribution is -0.132. The summed E-state index contributed by atoms with van der Waals surface area (Å²) in [7, 11) is 1.26. The molecular formula is C31H34N2O7S. The van der Waals surface area contributed by atoms with Crippen LogP contribution in [0.15, 0.2) is 54.1 Å². The van der Waals surface area contributed by atoms with Crippen LogP contribution in [-0.4, -0.2) is 48.1 Å². The fraction of sp³-hybridized carbons (Fsp3) is 0.355. The van der Waals surface area contributed by atoms with E-state index in [1.807, 2.05) is 0 Å². The van der Waals surface area contributed by atoms with Gasteiger partial charge < -0.3 is 19.3 Å². The van der Waals surface area contributed by atoms with Gasteiger partial charge in [0, 0.05) is 5.56 Å². The first kappa shape index (κ1) is 29.8. The minimum absolute atomic E-state index is 0.0817. The number of aliphatic hydroxyl groups is 1. The van der Waals surface area contributed by atoms with Crippen molar-refractivity contribution >= 4 is 39.9 Å². The maximum atomic E-state index is 13.5. The van der Waals surface area contributed by atoms with Crippen molar-refractivity contribution in [3.63, 3.8) is 0 Å². The lowest BCUT2D eigenvalue weighted by atomic mass is 9.95. The van der Waals surface area contributed by atoms with E-state index in [1.165, 1.54) is 12.0 Å². The molecule has 1 amide bonds. The number of ether oxygens (including phenoxy) is 3. The third-order valence-electron chi connectivity index (χ3n) is 6.66. The number of amides is 1. The molecule has 0 radical (unpaired) electrons. The number of hydrogen-bond acceptors (Lipinski definition) is 9. The number of thiazole rings is 1. The van der Waals surface area contributed by atoms with E-state index in [1.54, 1.807) is 55.5 Å². The Kier molecular flexibility index (Phi) is 9.78. The van der Waals surface area contributed by atoms with Gasteiger partial charge in [-0.3, -0.25) is 14.5 Å². The second kappa shape index (κ2) is 13.5. The smallest absolute Gasteiger partial charge is 0.350 e. The molecule has 0 aliphatic carbocycles. The van der Waals surface area contributed by atoms with Crippen molar-refractivity contribution in [2.45, 2.75) is 52.5 Å². The Bertz CT molecular complexity index is 1430. The van der Waals surface area contributed by atoms with Crippen molar-refractivity contribution in [2.75, 3.05) is 25.2 Å². The van der Waals surface area contributed by atoms with E-state index in [0.717, 1.165) is 37.0 Å². The number of esters is 1. The largest absolute Gasteiger partial charge is 0.507 e. The molecule has 4 rings (SSSR count). The van der Waals surface area contributed by atoms with Crippen LogP contribution < -0.4 is 14.4 Å². The molecule has 41 heavy (non-hydrogen) atoms. The highest BCUT2D eigenvalue weighted by Crippen LogP contribution is 2.44. The number of methoxy groups -OCH3 is 1. The second-order valence-corrected chi connectivity index (χ2v) is 10.5. The Morgan fingerprint density at radius 2 is 1.51 bits per heavy atom. The van der Waals surface area contributed by atoms with Crippen molar-refractivity contribution < 1.29 is 33.7 Å². The van der Waals surface area contributed by atoms with Gasteiger partial charge in [-0.15, -0.1) is 0 Å². The summed E-state index contributed by atoms with van der Waals surface area (Å²) in [6.07, 6.45) is 3.84. The van der Waals surface area contributed by atoms with Crippen LogP contribution in [0.1, 0.15) is 72.1 Å². The number of aryl methyl sites for hydroxylation is 1. The van der Waals surface area contributed by atoms with Crippen molar-refractivity contribution in [2.24, 2.45) is 0 Å². The summed E-state index contributed by atoms with van der Waals surface area (Å²) in [5.41, 5.74) is 1.22. The highest BCUT2D eigenvalue weighted by Gasteiger charge is 2.48. The van der Waals surface area contributed by atoms with Crippen molar-refractivity contribution in [3.8, 4) is 11.5 Å². The summed E-state index contributed by atoms with van der Waals surface area (Å²) in [6, 6.07) is 12.8. The Hall–Kier alpha value is -4.18. The summed E-state index contributed by atoms with van der Waals surface area (Å²) in [5, 5.41) is 11.6. The predicted molar refractivity (Wildman–Crippen MR) is 157 cm³/mol. The highest BCUT2D eigenvalue weighted by molar-refractivity contribution is 7.17. The van der Waals surface area contributed by atoms with E-state index in [-0.39, 0.29) is 21.3 Å². The van der Waals surface area contributed by atoms with Gasteiger partial charge in [0.25, 0.3) is 5.78 Å². The third-order valence-corrected chi connectivity index (χ3v) is 7.80. The average molecular weight is 579 g/mol. The SMILES string of the molecule is CCCCOc1ccc(C(O)=C2C(=O)C(=O)N(c3nc(C)c(C(=O)OC)s3)C2c2ccc(OCCCC)cc2)cc1. The molecule has 1 aliphatic rings. The number of aliphatic hydroxyl groups excluding tert-OH is 1. The summed E-state index contributed by atoms with van der Waals surface area (Å²) < 4.78 is 16.3. The Balaban J connectivity index is 1.78. The van der Waals surface area contributed by atoms with E-state index in [9.17, 15) is 19.5 Å². The normalized spacial score (nSPS) is 16.2. The van der Waals surface area contributed by atoms with E-state index in [0.29, 0.717) is 41.5 Å². The number of nitrogens with zero attached hydrogens (tertiary/aromatic N) is 2. The molecule has 0 saturated carbocycles. The van der Waals surface area contributed by atoms with Gasteiger partial charge in [0.05, 0.1) is 37.6 Å². The molecule has 10 heteroatoms. The molecule has 216 valence electrons. The Morgan fingerprint density at radius 1 is 0.951 bits per heavy atom. The molecule has 1 unspecified atom stereocenters. The van der Waals surface area contributed by atoms with E-state index < -0.39 is 23.7 Å². The van der Waals surface area contributed by atoms with E-state index >= 15 is 0 Å². The van der Waals surface area contributed by atoms with Gasteiger partial charge in [0.2, 0.25) is 0 Å². The monoisotopic (exact) mass is 578 g/mol. The molecule has 1 aromatic heterocycles. The van der Waals surface area contributed by atoms with Crippen LogP contribution in [0.3, 0.4) is 0 Å². The number of anilines is 1. The maximum absolute atomic E-state index is 13.5. The molecule has 3 aromatic rings. The molecule has 1 aliphatic heterocycles. The molecule has 1 atom stereocenters. The van der Waals surface area contributed by atoms with Crippen molar-refractivity contribution in [1.29, 1.82) is 0 Å². The molecule has 1 N–H and O–H groups in total. The van der Waals surface area contributed by atoms with Gasteiger partial charge >= 0.3 is 11.9 Å².